The van der Waals surface area contributed by atoms with Crippen molar-refractivity contribution in [3.63, 3.8) is 0 Å². The van der Waals surface area contributed by atoms with Gasteiger partial charge in [0.1, 0.15) is 31.0 Å². The molecule has 0 radical (unpaired) electrons. The molecule has 42 heavy (non-hydrogen) atoms. The van der Waals surface area contributed by atoms with E-state index >= 15 is 0 Å². The molecule has 4 aliphatic carbocycles. The van der Waals surface area contributed by atoms with Gasteiger partial charge in [0.05, 0.1) is 0 Å². The number of aliphatic hydroxyl groups is 3. The second kappa shape index (κ2) is 12.7. The SMILES string of the molecule is CC(C)CCC[C@H](C)[C@@H]1CC[C@@H]2[C@H]3CC=C4C[C@H](OC(=O)OCC5OC(O)C([NH3+])C(O)C5O)CC[C@@]4(C)[C@@H]3CC[C@]21C. The Hall–Kier alpha value is -1.19. The minimum Gasteiger partial charge on any atom is -0.431 e. The molecule has 5 rings (SSSR count). The zero-order chi connectivity index (χ0) is 30.4. The van der Waals surface area contributed by atoms with Crippen molar-refractivity contribution in [2.45, 2.75) is 142 Å². The molecule has 8 nitrogen and oxygen atoms in total. The van der Waals surface area contributed by atoms with E-state index in [0.717, 1.165) is 55.3 Å². The van der Waals surface area contributed by atoms with Gasteiger partial charge in [-0.25, -0.2) is 4.79 Å². The van der Waals surface area contributed by atoms with E-state index in [1.807, 2.05) is 0 Å². The Bertz CT molecular complexity index is 987. The molecule has 3 saturated carbocycles. The smallest absolute Gasteiger partial charge is 0.431 e. The first-order valence-electron chi connectivity index (χ1n) is 16.9. The van der Waals surface area contributed by atoms with E-state index in [0.29, 0.717) is 11.3 Å². The molecule has 0 spiro atoms. The molecule has 0 aromatic rings. The quantitative estimate of drug-likeness (QED) is 0.239. The van der Waals surface area contributed by atoms with Gasteiger partial charge in [0.15, 0.2) is 6.04 Å². The lowest BCUT2D eigenvalue weighted by Gasteiger charge is -2.58. The number of allylic oxidation sites excluding steroid dienone is 1. The highest BCUT2D eigenvalue weighted by Gasteiger charge is 2.59. The van der Waals surface area contributed by atoms with E-state index in [9.17, 15) is 20.1 Å². The summed E-state index contributed by atoms with van der Waals surface area (Å²) in [6, 6.07) is -0.876. The third-order valence-electron chi connectivity index (χ3n) is 12.7. The van der Waals surface area contributed by atoms with Crippen LogP contribution in [0.5, 0.6) is 0 Å². The van der Waals surface area contributed by atoms with Gasteiger partial charge in [-0.1, -0.05) is 65.5 Å². The lowest BCUT2D eigenvalue weighted by atomic mass is 9.47. The van der Waals surface area contributed by atoms with Crippen LogP contribution in [0.4, 0.5) is 4.79 Å². The number of rotatable bonds is 8. The topological polar surface area (TPSA) is 133 Å². The van der Waals surface area contributed by atoms with Crippen molar-refractivity contribution in [2.75, 3.05) is 6.61 Å². The molecule has 0 bridgehead atoms. The summed E-state index contributed by atoms with van der Waals surface area (Å²) < 4.78 is 16.2. The van der Waals surface area contributed by atoms with Crippen LogP contribution in [0.3, 0.4) is 0 Å². The van der Waals surface area contributed by atoms with Crippen LogP contribution in [0.25, 0.3) is 0 Å². The Morgan fingerprint density at radius 2 is 1.81 bits per heavy atom. The maximum absolute atomic E-state index is 12.6. The molecule has 1 saturated heterocycles. The van der Waals surface area contributed by atoms with Crippen LogP contribution >= 0.6 is 0 Å². The van der Waals surface area contributed by atoms with Gasteiger partial charge in [0, 0.05) is 6.42 Å². The average molecular weight is 593 g/mol. The van der Waals surface area contributed by atoms with Crippen molar-refractivity contribution in [2.24, 2.45) is 46.3 Å². The number of aliphatic hydroxyl groups excluding tert-OH is 3. The minimum atomic E-state index is -1.34. The van der Waals surface area contributed by atoms with E-state index in [2.05, 4.69) is 46.4 Å². The summed E-state index contributed by atoms with van der Waals surface area (Å²) >= 11 is 0. The zero-order valence-electron chi connectivity index (χ0n) is 26.7. The summed E-state index contributed by atoms with van der Waals surface area (Å²) in [6.45, 7) is 12.0. The maximum Gasteiger partial charge on any atom is 0.508 e. The molecule has 240 valence electrons. The molecule has 0 aromatic heterocycles. The Balaban J connectivity index is 1.16. The molecule has 5 unspecified atom stereocenters. The summed E-state index contributed by atoms with van der Waals surface area (Å²) in [5.74, 6) is 4.76. The second-order valence-electron chi connectivity index (χ2n) is 15.5. The van der Waals surface area contributed by atoms with Gasteiger partial charge in [-0.05, 0) is 91.3 Å². The maximum atomic E-state index is 12.6. The fourth-order valence-electron chi connectivity index (χ4n) is 10.2. The summed E-state index contributed by atoms with van der Waals surface area (Å²) in [4.78, 5) is 12.6. The summed E-state index contributed by atoms with van der Waals surface area (Å²) in [5.41, 5.74) is 5.70. The number of ether oxygens (including phenoxy) is 3. The molecule has 13 atom stereocenters. The van der Waals surface area contributed by atoms with Crippen LogP contribution in [0.1, 0.15) is 105 Å². The first-order chi connectivity index (χ1) is 19.8. The van der Waals surface area contributed by atoms with Gasteiger partial charge in [0.25, 0.3) is 0 Å². The number of carbonyl (C=O) groups excluding carboxylic acids is 1. The van der Waals surface area contributed by atoms with Gasteiger partial charge in [0.2, 0.25) is 6.29 Å². The first-order valence-corrected chi connectivity index (χ1v) is 16.9. The van der Waals surface area contributed by atoms with E-state index < -0.39 is 36.8 Å². The highest BCUT2D eigenvalue weighted by atomic mass is 16.7. The van der Waals surface area contributed by atoms with E-state index in [1.165, 1.54) is 50.5 Å². The molecular weight excluding hydrogens is 534 g/mol. The fraction of sp³-hybridized carbons (Fsp3) is 0.912. The zero-order valence-corrected chi connectivity index (χ0v) is 26.7. The lowest BCUT2D eigenvalue weighted by Crippen LogP contribution is -2.77. The minimum absolute atomic E-state index is 0.173. The highest BCUT2D eigenvalue weighted by molar-refractivity contribution is 5.60. The number of hydrogen-bond donors (Lipinski definition) is 4. The predicted molar refractivity (Wildman–Crippen MR) is 159 cm³/mol. The Morgan fingerprint density at radius 1 is 1.05 bits per heavy atom. The van der Waals surface area contributed by atoms with Gasteiger partial charge in [-0.3, -0.25) is 0 Å². The average Bonchev–Trinajstić information content (AvgIpc) is 3.30. The molecule has 1 aliphatic heterocycles. The van der Waals surface area contributed by atoms with Crippen molar-refractivity contribution < 1.29 is 40.1 Å². The highest BCUT2D eigenvalue weighted by Crippen LogP contribution is 2.67. The third kappa shape index (κ3) is 6.04. The monoisotopic (exact) mass is 592 g/mol. The number of fused-ring (bicyclic) bond motifs is 5. The van der Waals surface area contributed by atoms with Crippen LogP contribution in [0.2, 0.25) is 0 Å². The van der Waals surface area contributed by atoms with Gasteiger partial charge in [-0.2, -0.15) is 0 Å². The molecule has 4 fully saturated rings. The van der Waals surface area contributed by atoms with E-state index in [4.69, 9.17) is 14.2 Å². The van der Waals surface area contributed by atoms with Crippen molar-refractivity contribution >= 4 is 6.16 Å². The molecule has 0 amide bonds. The number of hydrogen-bond acceptors (Lipinski definition) is 7. The normalized spacial score (nSPS) is 45.8. The third-order valence-corrected chi connectivity index (χ3v) is 12.7. The molecule has 8 heteroatoms. The molecule has 6 N–H and O–H groups in total. The van der Waals surface area contributed by atoms with Crippen molar-refractivity contribution in [3.05, 3.63) is 11.6 Å². The van der Waals surface area contributed by atoms with Crippen molar-refractivity contribution in [1.82, 2.24) is 0 Å². The molecule has 0 aromatic carbocycles. The number of carbonyl (C=O) groups is 1. The molecule has 1 heterocycles. The largest absolute Gasteiger partial charge is 0.508 e. The molecular formula is C34H58NO7+. The van der Waals surface area contributed by atoms with Crippen molar-refractivity contribution in [3.8, 4) is 0 Å². The van der Waals surface area contributed by atoms with Crippen LogP contribution in [0.15, 0.2) is 11.6 Å². The van der Waals surface area contributed by atoms with Crippen LogP contribution < -0.4 is 5.73 Å². The van der Waals surface area contributed by atoms with E-state index in [1.54, 1.807) is 0 Å². The van der Waals surface area contributed by atoms with Crippen molar-refractivity contribution in [1.29, 1.82) is 0 Å². The second-order valence-corrected chi connectivity index (χ2v) is 15.5. The van der Waals surface area contributed by atoms with Gasteiger partial charge >= 0.3 is 6.16 Å². The summed E-state index contributed by atoms with van der Waals surface area (Å²) in [6.07, 6.45) is 9.77. The Labute approximate surface area is 252 Å². The van der Waals surface area contributed by atoms with Gasteiger partial charge < -0.3 is 35.3 Å². The van der Waals surface area contributed by atoms with Crippen LogP contribution in [-0.2, 0) is 14.2 Å². The Kier molecular flexibility index (Phi) is 9.71. The van der Waals surface area contributed by atoms with Crippen LogP contribution in [0, 0.1) is 46.3 Å². The summed E-state index contributed by atoms with van der Waals surface area (Å²) in [5, 5.41) is 30.2. The number of quaternary nitrogens is 1. The van der Waals surface area contributed by atoms with Crippen LogP contribution in [-0.4, -0.2) is 64.8 Å². The van der Waals surface area contributed by atoms with E-state index in [-0.39, 0.29) is 18.1 Å². The fourth-order valence-corrected chi connectivity index (χ4v) is 10.2. The first kappa shape index (κ1) is 32.2. The standard InChI is InChI=1S/C34H57NO7/c1-19(2)7-6-8-20(3)24-11-12-25-23-10-9-21-17-22(13-15-33(21,4)26(23)14-16-34(24,25)5)41-32(39)40-18-27-29(36)30(37)28(35)31(38)42-27/h9,19-20,22-31,36-38H,6-8,10-18,35H2,1-5H3/p+1/t20-,22+,23+,24-,25+,26+,27?,28?,29?,30?,31?,33+,34-/m0/s1. The molecule has 5 aliphatic rings. The predicted octanol–water partition coefficient (Wildman–Crippen LogP) is 4.60. The lowest BCUT2D eigenvalue weighted by molar-refractivity contribution is -0.497. The summed E-state index contributed by atoms with van der Waals surface area (Å²) in [7, 11) is 0. The van der Waals surface area contributed by atoms with Gasteiger partial charge in [-0.15, -0.1) is 0 Å². The Morgan fingerprint density at radius 3 is 2.55 bits per heavy atom.